The normalized spacial score (nSPS) is 17.3. The first-order valence-corrected chi connectivity index (χ1v) is 5.42. The van der Waals surface area contributed by atoms with Crippen molar-refractivity contribution in [3.05, 3.63) is 53.6 Å². The Morgan fingerprint density at radius 2 is 1.87 bits per heavy atom. The topological polar surface area (TPSA) is 20.2 Å². The van der Waals surface area contributed by atoms with Gasteiger partial charge in [0.05, 0.1) is 6.10 Å². The van der Waals surface area contributed by atoms with Crippen LogP contribution in [-0.4, -0.2) is 5.11 Å². The lowest BCUT2D eigenvalue weighted by atomic mass is 9.98. The Bertz CT molecular complexity index is 382. The fraction of sp³-hybridized carbons (Fsp3) is 0.286. The molecule has 0 spiro atoms. The molecule has 1 N–H and O–H groups in total. The SMILES string of the molecule is CC(O)c1ccc(C2=CCCC=C2)cc1. The average molecular weight is 200 g/mol. The quantitative estimate of drug-likeness (QED) is 0.775. The monoisotopic (exact) mass is 200 g/mol. The van der Waals surface area contributed by atoms with Crippen LogP contribution in [0.5, 0.6) is 0 Å². The van der Waals surface area contributed by atoms with Crippen LogP contribution in [0.15, 0.2) is 42.5 Å². The molecule has 1 atom stereocenters. The van der Waals surface area contributed by atoms with E-state index in [0.29, 0.717) is 0 Å². The average Bonchev–Trinajstić information content (AvgIpc) is 2.30. The predicted molar refractivity (Wildman–Crippen MR) is 63.4 cm³/mol. The summed E-state index contributed by atoms with van der Waals surface area (Å²) in [6.45, 7) is 1.79. The van der Waals surface area contributed by atoms with Crippen LogP contribution in [0.1, 0.15) is 37.0 Å². The molecule has 0 radical (unpaired) electrons. The zero-order valence-electron chi connectivity index (χ0n) is 8.98. The van der Waals surface area contributed by atoms with Crippen LogP contribution in [0.2, 0.25) is 0 Å². The summed E-state index contributed by atoms with van der Waals surface area (Å²) in [4.78, 5) is 0. The van der Waals surface area contributed by atoms with Crippen molar-refractivity contribution >= 4 is 5.57 Å². The van der Waals surface area contributed by atoms with E-state index >= 15 is 0 Å². The van der Waals surface area contributed by atoms with Crippen molar-refractivity contribution in [2.75, 3.05) is 0 Å². The van der Waals surface area contributed by atoms with Crippen LogP contribution in [0, 0.1) is 0 Å². The first-order chi connectivity index (χ1) is 7.27. The maximum atomic E-state index is 9.40. The van der Waals surface area contributed by atoms with E-state index in [9.17, 15) is 5.11 Å². The number of hydrogen-bond acceptors (Lipinski definition) is 1. The van der Waals surface area contributed by atoms with E-state index in [-0.39, 0.29) is 6.10 Å². The van der Waals surface area contributed by atoms with Crippen LogP contribution < -0.4 is 0 Å². The van der Waals surface area contributed by atoms with E-state index in [1.165, 1.54) is 11.1 Å². The summed E-state index contributed by atoms with van der Waals surface area (Å²) in [6.07, 6.45) is 8.53. The summed E-state index contributed by atoms with van der Waals surface area (Å²) in [6, 6.07) is 8.12. The summed E-state index contributed by atoms with van der Waals surface area (Å²) in [5.41, 5.74) is 3.49. The van der Waals surface area contributed by atoms with Gasteiger partial charge in [0.2, 0.25) is 0 Å². The van der Waals surface area contributed by atoms with Crippen LogP contribution in [0.4, 0.5) is 0 Å². The molecule has 1 aromatic carbocycles. The predicted octanol–water partition coefficient (Wildman–Crippen LogP) is 3.47. The summed E-state index contributed by atoms with van der Waals surface area (Å²) >= 11 is 0. The lowest BCUT2D eigenvalue weighted by Gasteiger charge is -2.09. The second-order valence-corrected chi connectivity index (χ2v) is 3.94. The maximum absolute atomic E-state index is 9.40. The highest BCUT2D eigenvalue weighted by molar-refractivity contribution is 5.74. The second-order valence-electron chi connectivity index (χ2n) is 3.94. The van der Waals surface area contributed by atoms with Gasteiger partial charge in [-0.3, -0.25) is 0 Å². The van der Waals surface area contributed by atoms with Crippen LogP contribution in [-0.2, 0) is 0 Å². The fourth-order valence-corrected chi connectivity index (χ4v) is 1.78. The van der Waals surface area contributed by atoms with Crippen molar-refractivity contribution in [3.8, 4) is 0 Å². The molecule has 0 saturated carbocycles. The van der Waals surface area contributed by atoms with Gasteiger partial charge in [0.15, 0.2) is 0 Å². The molecule has 1 aromatic rings. The third-order valence-corrected chi connectivity index (χ3v) is 2.72. The summed E-state index contributed by atoms with van der Waals surface area (Å²) in [5.74, 6) is 0. The molecule has 15 heavy (non-hydrogen) atoms. The largest absolute Gasteiger partial charge is 0.389 e. The molecule has 0 aromatic heterocycles. The van der Waals surface area contributed by atoms with Crippen LogP contribution >= 0.6 is 0 Å². The molecule has 1 heteroatoms. The molecular formula is C14H16O. The third-order valence-electron chi connectivity index (χ3n) is 2.72. The minimum atomic E-state index is -0.380. The Labute approximate surface area is 90.8 Å². The zero-order chi connectivity index (χ0) is 10.7. The van der Waals surface area contributed by atoms with Gasteiger partial charge in [0.25, 0.3) is 0 Å². The molecule has 0 saturated heterocycles. The molecule has 2 rings (SSSR count). The van der Waals surface area contributed by atoms with Crippen molar-refractivity contribution in [2.24, 2.45) is 0 Å². The molecule has 0 fully saturated rings. The Balaban J connectivity index is 2.23. The zero-order valence-corrected chi connectivity index (χ0v) is 8.98. The molecule has 1 aliphatic carbocycles. The van der Waals surface area contributed by atoms with Crippen LogP contribution in [0.25, 0.3) is 5.57 Å². The minimum absolute atomic E-state index is 0.380. The highest BCUT2D eigenvalue weighted by Crippen LogP contribution is 2.22. The molecule has 1 aliphatic rings. The van der Waals surface area contributed by atoms with Gasteiger partial charge in [-0.25, -0.2) is 0 Å². The summed E-state index contributed by atoms with van der Waals surface area (Å²) in [5, 5.41) is 9.40. The standard InChI is InChI=1S/C14H16O/c1-11(15)12-7-9-14(10-8-12)13-5-3-2-4-6-13/h3,5-11,15H,2,4H2,1H3. The number of aliphatic hydroxyl groups excluding tert-OH is 1. The maximum Gasteiger partial charge on any atom is 0.0761 e. The third kappa shape index (κ3) is 2.37. The number of allylic oxidation sites excluding steroid dienone is 4. The number of rotatable bonds is 2. The number of benzene rings is 1. The number of aliphatic hydroxyl groups is 1. The molecule has 1 nitrogen and oxygen atoms in total. The van der Waals surface area contributed by atoms with Gasteiger partial charge in [0.1, 0.15) is 0 Å². The highest BCUT2D eigenvalue weighted by atomic mass is 16.3. The van der Waals surface area contributed by atoms with E-state index in [0.717, 1.165) is 18.4 Å². The molecular weight excluding hydrogens is 184 g/mol. The minimum Gasteiger partial charge on any atom is -0.389 e. The molecule has 0 heterocycles. The van der Waals surface area contributed by atoms with E-state index in [2.05, 4.69) is 30.4 Å². The van der Waals surface area contributed by atoms with Gasteiger partial charge in [-0.2, -0.15) is 0 Å². The molecule has 0 amide bonds. The lowest BCUT2D eigenvalue weighted by Crippen LogP contribution is -1.91. The second kappa shape index (κ2) is 4.45. The van der Waals surface area contributed by atoms with Gasteiger partial charge in [-0.1, -0.05) is 42.5 Å². The smallest absolute Gasteiger partial charge is 0.0761 e. The van der Waals surface area contributed by atoms with Gasteiger partial charge in [-0.15, -0.1) is 0 Å². The van der Waals surface area contributed by atoms with Gasteiger partial charge in [0, 0.05) is 0 Å². The lowest BCUT2D eigenvalue weighted by molar-refractivity contribution is 0.199. The Kier molecular flexibility index (Phi) is 3.02. The molecule has 78 valence electrons. The van der Waals surface area contributed by atoms with Crippen molar-refractivity contribution in [1.82, 2.24) is 0 Å². The number of hydrogen-bond donors (Lipinski definition) is 1. The highest BCUT2D eigenvalue weighted by Gasteiger charge is 2.03. The Morgan fingerprint density at radius 3 is 2.40 bits per heavy atom. The van der Waals surface area contributed by atoms with Gasteiger partial charge < -0.3 is 5.11 Å². The Hall–Kier alpha value is -1.34. The molecule has 0 aliphatic heterocycles. The van der Waals surface area contributed by atoms with Gasteiger partial charge in [-0.05, 0) is 36.5 Å². The van der Waals surface area contributed by atoms with Crippen molar-refractivity contribution in [2.45, 2.75) is 25.9 Å². The van der Waals surface area contributed by atoms with E-state index in [1.54, 1.807) is 6.92 Å². The first-order valence-electron chi connectivity index (χ1n) is 5.42. The van der Waals surface area contributed by atoms with E-state index in [4.69, 9.17) is 0 Å². The van der Waals surface area contributed by atoms with Crippen LogP contribution in [0.3, 0.4) is 0 Å². The molecule has 1 unspecified atom stereocenters. The Morgan fingerprint density at radius 1 is 1.13 bits per heavy atom. The van der Waals surface area contributed by atoms with Crippen molar-refractivity contribution in [3.63, 3.8) is 0 Å². The van der Waals surface area contributed by atoms with E-state index < -0.39 is 0 Å². The van der Waals surface area contributed by atoms with Crippen molar-refractivity contribution < 1.29 is 5.11 Å². The molecule has 0 bridgehead atoms. The van der Waals surface area contributed by atoms with E-state index in [1.807, 2.05) is 12.1 Å². The summed E-state index contributed by atoms with van der Waals surface area (Å²) in [7, 11) is 0. The first kappa shape index (κ1) is 10.2. The van der Waals surface area contributed by atoms with Crippen molar-refractivity contribution in [1.29, 1.82) is 0 Å². The fourth-order valence-electron chi connectivity index (χ4n) is 1.78. The summed E-state index contributed by atoms with van der Waals surface area (Å²) < 4.78 is 0. The van der Waals surface area contributed by atoms with Gasteiger partial charge >= 0.3 is 0 Å².